The van der Waals surface area contributed by atoms with Crippen LogP contribution in [-0.2, 0) is 6.54 Å². The van der Waals surface area contributed by atoms with Crippen LogP contribution in [0.15, 0.2) is 48.5 Å². The molecular formula is C15H18N2O. The maximum atomic E-state index is 9.33. The van der Waals surface area contributed by atoms with Gasteiger partial charge in [-0.1, -0.05) is 12.1 Å². The van der Waals surface area contributed by atoms with Crippen molar-refractivity contribution in [1.29, 1.82) is 0 Å². The molecule has 0 radical (unpaired) electrons. The largest absolute Gasteiger partial charge is 0.508 e. The van der Waals surface area contributed by atoms with Gasteiger partial charge in [0.05, 0.1) is 0 Å². The first-order chi connectivity index (χ1) is 8.74. The highest BCUT2D eigenvalue weighted by molar-refractivity contribution is 5.64. The monoisotopic (exact) mass is 242 g/mol. The average molecular weight is 242 g/mol. The van der Waals surface area contributed by atoms with Crippen molar-refractivity contribution in [2.24, 2.45) is 5.73 Å². The van der Waals surface area contributed by atoms with E-state index in [1.807, 2.05) is 24.3 Å². The first kappa shape index (κ1) is 12.5. The summed E-state index contributed by atoms with van der Waals surface area (Å²) in [5.41, 5.74) is 8.96. The van der Waals surface area contributed by atoms with E-state index in [-0.39, 0.29) is 5.75 Å². The Bertz CT molecular complexity index is 508. The fraction of sp³-hybridized carbons (Fsp3) is 0.200. The second-order valence-electron chi connectivity index (χ2n) is 4.13. The van der Waals surface area contributed by atoms with Crippen LogP contribution >= 0.6 is 0 Å². The topological polar surface area (TPSA) is 49.5 Å². The zero-order chi connectivity index (χ0) is 13.0. The van der Waals surface area contributed by atoms with Gasteiger partial charge < -0.3 is 15.7 Å². The highest BCUT2D eigenvalue weighted by Crippen LogP contribution is 2.27. The quantitative estimate of drug-likeness (QED) is 0.866. The van der Waals surface area contributed by atoms with Gasteiger partial charge in [-0.25, -0.2) is 0 Å². The van der Waals surface area contributed by atoms with E-state index in [2.05, 4.69) is 24.0 Å². The van der Waals surface area contributed by atoms with Crippen LogP contribution in [0, 0.1) is 0 Å². The number of nitrogens with zero attached hydrogens (tertiary/aromatic N) is 1. The number of anilines is 2. The summed E-state index contributed by atoms with van der Waals surface area (Å²) in [6.45, 7) is 3.50. The molecular weight excluding hydrogens is 224 g/mol. The van der Waals surface area contributed by atoms with E-state index >= 15 is 0 Å². The molecule has 2 aromatic carbocycles. The van der Waals surface area contributed by atoms with Crippen molar-refractivity contribution >= 4 is 11.4 Å². The Labute approximate surface area is 107 Å². The van der Waals surface area contributed by atoms with Crippen molar-refractivity contribution in [2.45, 2.75) is 13.5 Å². The molecule has 0 amide bonds. The Morgan fingerprint density at radius 3 is 2.39 bits per heavy atom. The normalized spacial score (nSPS) is 10.3. The Morgan fingerprint density at radius 1 is 1.06 bits per heavy atom. The van der Waals surface area contributed by atoms with E-state index < -0.39 is 0 Å². The van der Waals surface area contributed by atoms with Crippen LogP contribution < -0.4 is 10.6 Å². The summed E-state index contributed by atoms with van der Waals surface area (Å²) < 4.78 is 0. The van der Waals surface area contributed by atoms with Gasteiger partial charge in [-0.05, 0) is 48.9 Å². The van der Waals surface area contributed by atoms with Crippen LogP contribution in [0.25, 0.3) is 0 Å². The Balaban J connectivity index is 2.35. The molecule has 3 heteroatoms. The second kappa shape index (κ2) is 5.56. The van der Waals surface area contributed by atoms with Crippen molar-refractivity contribution in [3.8, 4) is 5.75 Å². The van der Waals surface area contributed by atoms with Crippen LogP contribution in [0.5, 0.6) is 5.75 Å². The summed E-state index contributed by atoms with van der Waals surface area (Å²) in [7, 11) is 0. The van der Waals surface area contributed by atoms with Crippen LogP contribution in [0.4, 0.5) is 11.4 Å². The molecule has 0 spiro atoms. The zero-order valence-corrected chi connectivity index (χ0v) is 10.5. The van der Waals surface area contributed by atoms with E-state index in [1.165, 1.54) is 0 Å². The van der Waals surface area contributed by atoms with Gasteiger partial charge in [0.25, 0.3) is 0 Å². The molecule has 0 saturated carbocycles. The molecule has 2 rings (SSSR count). The zero-order valence-electron chi connectivity index (χ0n) is 10.5. The van der Waals surface area contributed by atoms with Crippen LogP contribution in [0.1, 0.15) is 12.5 Å². The molecule has 0 aliphatic rings. The molecule has 0 heterocycles. The van der Waals surface area contributed by atoms with E-state index in [9.17, 15) is 5.11 Å². The molecule has 0 aliphatic heterocycles. The van der Waals surface area contributed by atoms with Gasteiger partial charge in [0.2, 0.25) is 0 Å². The van der Waals surface area contributed by atoms with Crippen LogP contribution in [-0.4, -0.2) is 11.7 Å². The van der Waals surface area contributed by atoms with Crippen LogP contribution in [0.2, 0.25) is 0 Å². The van der Waals surface area contributed by atoms with Crippen molar-refractivity contribution in [1.82, 2.24) is 0 Å². The summed E-state index contributed by atoms with van der Waals surface area (Å²) in [5, 5.41) is 9.33. The molecule has 94 valence electrons. The fourth-order valence-corrected chi connectivity index (χ4v) is 2.00. The number of phenolic OH excluding ortho intramolecular Hbond substituents is 1. The third-order valence-electron chi connectivity index (χ3n) is 2.94. The number of phenols is 1. The molecule has 0 fully saturated rings. The van der Waals surface area contributed by atoms with E-state index in [4.69, 9.17) is 5.73 Å². The third kappa shape index (κ3) is 2.63. The maximum absolute atomic E-state index is 9.33. The molecule has 0 unspecified atom stereocenters. The number of aromatic hydroxyl groups is 1. The summed E-state index contributed by atoms with van der Waals surface area (Å²) in [6.07, 6.45) is 0. The lowest BCUT2D eigenvalue weighted by molar-refractivity contribution is 0.475. The summed E-state index contributed by atoms with van der Waals surface area (Å²) in [4.78, 5) is 2.18. The lowest BCUT2D eigenvalue weighted by atomic mass is 10.1. The van der Waals surface area contributed by atoms with E-state index in [0.717, 1.165) is 23.5 Å². The van der Waals surface area contributed by atoms with Gasteiger partial charge in [0, 0.05) is 24.5 Å². The molecule has 18 heavy (non-hydrogen) atoms. The molecule has 0 atom stereocenters. The predicted octanol–water partition coefficient (Wildman–Crippen LogP) is 3.01. The highest BCUT2D eigenvalue weighted by atomic mass is 16.3. The third-order valence-corrected chi connectivity index (χ3v) is 2.94. The molecule has 3 N–H and O–H groups in total. The minimum atomic E-state index is 0.283. The van der Waals surface area contributed by atoms with Crippen molar-refractivity contribution in [2.75, 3.05) is 11.4 Å². The number of nitrogens with two attached hydrogens (primary N) is 1. The average Bonchev–Trinajstić information content (AvgIpc) is 2.42. The van der Waals surface area contributed by atoms with Gasteiger partial charge in [0.1, 0.15) is 5.75 Å². The van der Waals surface area contributed by atoms with E-state index in [0.29, 0.717) is 6.54 Å². The number of hydrogen-bond donors (Lipinski definition) is 2. The molecule has 0 bridgehead atoms. The Morgan fingerprint density at radius 2 is 1.78 bits per heavy atom. The van der Waals surface area contributed by atoms with Crippen molar-refractivity contribution in [3.05, 3.63) is 54.1 Å². The van der Waals surface area contributed by atoms with Gasteiger partial charge in [-0.3, -0.25) is 0 Å². The minimum Gasteiger partial charge on any atom is -0.508 e. The first-order valence-electron chi connectivity index (χ1n) is 6.10. The summed E-state index contributed by atoms with van der Waals surface area (Å²) in [5.74, 6) is 0.283. The fourth-order valence-electron chi connectivity index (χ4n) is 2.00. The van der Waals surface area contributed by atoms with Crippen molar-refractivity contribution in [3.63, 3.8) is 0 Å². The van der Waals surface area contributed by atoms with Crippen molar-refractivity contribution < 1.29 is 5.11 Å². The minimum absolute atomic E-state index is 0.283. The molecule has 0 aliphatic carbocycles. The van der Waals surface area contributed by atoms with E-state index in [1.54, 1.807) is 12.1 Å². The lowest BCUT2D eigenvalue weighted by Crippen LogP contribution is -2.16. The number of rotatable bonds is 4. The summed E-state index contributed by atoms with van der Waals surface area (Å²) >= 11 is 0. The smallest absolute Gasteiger partial charge is 0.115 e. The second-order valence-corrected chi connectivity index (χ2v) is 4.13. The van der Waals surface area contributed by atoms with Gasteiger partial charge >= 0.3 is 0 Å². The van der Waals surface area contributed by atoms with Gasteiger partial charge in [-0.15, -0.1) is 0 Å². The standard InChI is InChI=1S/C15H18N2O/c1-2-17(13-6-8-15(18)9-7-13)14-5-3-4-12(10-14)11-16/h3-10,18H,2,11,16H2,1H3. The predicted molar refractivity (Wildman–Crippen MR) is 75.1 cm³/mol. The molecule has 3 nitrogen and oxygen atoms in total. The molecule has 2 aromatic rings. The SMILES string of the molecule is CCN(c1ccc(O)cc1)c1cccc(CN)c1. The highest BCUT2D eigenvalue weighted by Gasteiger charge is 2.07. The summed E-state index contributed by atoms with van der Waals surface area (Å²) in [6, 6.07) is 15.4. The van der Waals surface area contributed by atoms with Gasteiger partial charge in [-0.2, -0.15) is 0 Å². The number of hydrogen-bond acceptors (Lipinski definition) is 3. The molecule has 0 saturated heterocycles. The molecule has 0 aromatic heterocycles. The van der Waals surface area contributed by atoms with Crippen LogP contribution in [0.3, 0.4) is 0 Å². The van der Waals surface area contributed by atoms with Gasteiger partial charge in [0.15, 0.2) is 0 Å². The Kier molecular flexibility index (Phi) is 3.85. The number of benzene rings is 2. The lowest BCUT2D eigenvalue weighted by Gasteiger charge is -2.23. The Hall–Kier alpha value is -2.00. The first-order valence-corrected chi connectivity index (χ1v) is 6.10. The maximum Gasteiger partial charge on any atom is 0.115 e.